The van der Waals surface area contributed by atoms with Crippen LogP contribution in [0.2, 0.25) is 0 Å². The summed E-state index contributed by atoms with van der Waals surface area (Å²) < 4.78 is 0. The van der Waals surface area contributed by atoms with Crippen LogP contribution >= 0.6 is 0 Å². The second-order valence-electron chi connectivity index (χ2n) is 5.69. The fourth-order valence-electron chi connectivity index (χ4n) is 2.76. The van der Waals surface area contributed by atoms with Gasteiger partial charge in [-0.1, -0.05) is 19.1 Å². The van der Waals surface area contributed by atoms with E-state index in [1.54, 1.807) is 12.1 Å². The van der Waals surface area contributed by atoms with Gasteiger partial charge >= 0.3 is 0 Å². The van der Waals surface area contributed by atoms with Crippen LogP contribution in [0.4, 0.5) is 5.69 Å². The van der Waals surface area contributed by atoms with Crippen molar-refractivity contribution in [2.75, 3.05) is 0 Å². The van der Waals surface area contributed by atoms with E-state index in [2.05, 4.69) is 19.2 Å². The summed E-state index contributed by atoms with van der Waals surface area (Å²) in [5, 5.41) is 14.3. The van der Waals surface area contributed by atoms with Crippen LogP contribution < -0.4 is 5.32 Å². The van der Waals surface area contributed by atoms with E-state index < -0.39 is 0 Å². The normalized spacial score (nSPS) is 24.9. The van der Waals surface area contributed by atoms with E-state index in [1.807, 2.05) is 12.1 Å². The lowest BCUT2D eigenvalue weighted by Crippen LogP contribution is -2.34. The number of nitrogens with one attached hydrogen (secondary N) is 1. The minimum Gasteiger partial charge on any atom is -0.307 e. The van der Waals surface area contributed by atoms with Gasteiger partial charge in [0.2, 0.25) is 0 Å². The Morgan fingerprint density at radius 3 is 2.32 bits per heavy atom. The Labute approximate surface area is 114 Å². The molecule has 1 aromatic carbocycles. The monoisotopic (exact) mass is 262 g/mol. The summed E-state index contributed by atoms with van der Waals surface area (Å²) in [4.78, 5) is 10.3. The standard InChI is InChI=1S/C15H22N2O2/c1-11-3-7-14(8-4-11)16-12(2)13-5-9-15(10-6-13)17(18)19/h5-6,9-12,14,16H,3-4,7-8H2,1-2H3. The average Bonchev–Trinajstić information content (AvgIpc) is 2.41. The molecule has 1 N–H and O–H groups in total. The van der Waals surface area contributed by atoms with E-state index in [0.717, 1.165) is 11.5 Å². The first-order valence-electron chi connectivity index (χ1n) is 7.06. The van der Waals surface area contributed by atoms with E-state index in [1.165, 1.54) is 25.7 Å². The molecular weight excluding hydrogens is 240 g/mol. The summed E-state index contributed by atoms with van der Waals surface area (Å²) in [6.45, 7) is 4.44. The highest BCUT2D eigenvalue weighted by atomic mass is 16.6. The smallest absolute Gasteiger partial charge is 0.269 e. The third kappa shape index (κ3) is 3.77. The molecule has 0 amide bonds. The van der Waals surface area contributed by atoms with Gasteiger partial charge in [0.05, 0.1) is 4.92 Å². The van der Waals surface area contributed by atoms with Gasteiger partial charge in [0.15, 0.2) is 0 Å². The quantitative estimate of drug-likeness (QED) is 0.663. The third-order valence-corrected chi connectivity index (χ3v) is 4.11. The number of nitro benzene ring substituents is 1. The summed E-state index contributed by atoms with van der Waals surface area (Å²) in [7, 11) is 0. The molecule has 0 bridgehead atoms. The third-order valence-electron chi connectivity index (χ3n) is 4.11. The summed E-state index contributed by atoms with van der Waals surface area (Å²) in [5.74, 6) is 0.854. The Hall–Kier alpha value is -1.42. The fourth-order valence-corrected chi connectivity index (χ4v) is 2.76. The number of hydrogen-bond donors (Lipinski definition) is 1. The predicted molar refractivity (Wildman–Crippen MR) is 76.1 cm³/mol. The minimum absolute atomic E-state index is 0.155. The van der Waals surface area contributed by atoms with Crippen LogP contribution in [0.15, 0.2) is 24.3 Å². The zero-order valence-corrected chi connectivity index (χ0v) is 11.6. The minimum atomic E-state index is -0.357. The zero-order valence-electron chi connectivity index (χ0n) is 11.6. The van der Waals surface area contributed by atoms with Gasteiger partial charge < -0.3 is 5.32 Å². The van der Waals surface area contributed by atoms with E-state index in [-0.39, 0.29) is 16.7 Å². The van der Waals surface area contributed by atoms with E-state index in [9.17, 15) is 10.1 Å². The van der Waals surface area contributed by atoms with Crippen molar-refractivity contribution >= 4 is 5.69 Å². The SMILES string of the molecule is CC1CCC(NC(C)c2ccc([N+](=O)[O-])cc2)CC1. The van der Waals surface area contributed by atoms with Gasteiger partial charge in [0, 0.05) is 24.2 Å². The van der Waals surface area contributed by atoms with Crippen LogP contribution in [0.1, 0.15) is 51.1 Å². The summed E-state index contributed by atoms with van der Waals surface area (Å²) in [6.07, 6.45) is 5.06. The van der Waals surface area contributed by atoms with Gasteiger partial charge in [-0.05, 0) is 44.1 Å². The first kappa shape index (κ1) is 14.0. The molecule has 1 unspecified atom stereocenters. The number of hydrogen-bond acceptors (Lipinski definition) is 3. The van der Waals surface area contributed by atoms with Gasteiger partial charge in [-0.2, -0.15) is 0 Å². The number of rotatable bonds is 4. The lowest BCUT2D eigenvalue weighted by Gasteiger charge is -2.29. The molecule has 1 saturated carbocycles. The molecule has 0 heterocycles. The van der Waals surface area contributed by atoms with Crippen molar-refractivity contribution in [3.8, 4) is 0 Å². The molecule has 1 aromatic rings. The molecule has 0 radical (unpaired) electrons. The van der Waals surface area contributed by atoms with Crippen molar-refractivity contribution in [1.29, 1.82) is 0 Å². The Balaban J connectivity index is 1.92. The Morgan fingerprint density at radius 2 is 1.79 bits per heavy atom. The molecule has 0 aromatic heterocycles. The van der Waals surface area contributed by atoms with Crippen LogP contribution in [0.25, 0.3) is 0 Å². The molecule has 0 aliphatic heterocycles. The molecule has 4 nitrogen and oxygen atoms in total. The maximum Gasteiger partial charge on any atom is 0.269 e. The largest absolute Gasteiger partial charge is 0.307 e. The molecule has 0 spiro atoms. The lowest BCUT2D eigenvalue weighted by molar-refractivity contribution is -0.384. The van der Waals surface area contributed by atoms with Crippen molar-refractivity contribution < 1.29 is 4.92 Å². The molecule has 1 atom stereocenters. The maximum atomic E-state index is 10.6. The first-order valence-corrected chi connectivity index (χ1v) is 7.06. The Morgan fingerprint density at radius 1 is 1.21 bits per heavy atom. The van der Waals surface area contributed by atoms with Crippen LogP contribution in [-0.2, 0) is 0 Å². The summed E-state index contributed by atoms with van der Waals surface area (Å²) >= 11 is 0. The molecule has 1 aliphatic carbocycles. The molecule has 104 valence electrons. The number of benzene rings is 1. The lowest BCUT2D eigenvalue weighted by atomic mass is 9.87. The molecule has 19 heavy (non-hydrogen) atoms. The van der Waals surface area contributed by atoms with Gasteiger partial charge in [-0.3, -0.25) is 10.1 Å². The summed E-state index contributed by atoms with van der Waals surface area (Å²) in [6, 6.07) is 7.69. The van der Waals surface area contributed by atoms with Crippen LogP contribution in [0.3, 0.4) is 0 Å². The van der Waals surface area contributed by atoms with Crippen LogP contribution in [0.5, 0.6) is 0 Å². The summed E-state index contributed by atoms with van der Waals surface area (Å²) in [5.41, 5.74) is 1.27. The van der Waals surface area contributed by atoms with Crippen molar-refractivity contribution in [2.24, 2.45) is 5.92 Å². The second-order valence-corrected chi connectivity index (χ2v) is 5.69. The van der Waals surface area contributed by atoms with Gasteiger partial charge in [-0.25, -0.2) is 0 Å². The van der Waals surface area contributed by atoms with E-state index >= 15 is 0 Å². The Kier molecular flexibility index (Phi) is 4.53. The highest BCUT2D eigenvalue weighted by Crippen LogP contribution is 2.26. The molecule has 0 saturated heterocycles. The van der Waals surface area contributed by atoms with Gasteiger partial charge in [0.25, 0.3) is 5.69 Å². The van der Waals surface area contributed by atoms with Crippen LogP contribution in [0, 0.1) is 16.0 Å². The van der Waals surface area contributed by atoms with Crippen molar-refractivity contribution in [2.45, 2.75) is 51.6 Å². The Bertz CT molecular complexity index is 422. The molecule has 1 fully saturated rings. The predicted octanol–water partition coefficient (Wildman–Crippen LogP) is 3.82. The number of nitro groups is 1. The highest BCUT2D eigenvalue weighted by molar-refractivity contribution is 5.34. The maximum absolute atomic E-state index is 10.6. The fraction of sp³-hybridized carbons (Fsp3) is 0.600. The zero-order chi connectivity index (χ0) is 13.8. The van der Waals surface area contributed by atoms with Gasteiger partial charge in [0.1, 0.15) is 0 Å². The van der Waals surface area contributed by atoms with Crippen LogP contribution in [-0.4, -0.2) is 11.0 Å². The molecular formula is C15H22N2O2. The van der Waals surface area contributed by atoms with E-state index in [0.29, 0.717) is 6.04 Å². The average molecular weight is 262 g/mol. The number of non-ortho nitro benzene ring substituents is 1. The second kappa shape index (κ2) is 6.15. The van der Waals surface area contributed by atoms with Crippen molar-refractivity contribution in [3.05, 3.63) is 39.9 Å². The van der Waals surface area contributed by atoms with Crippen molar-refractivity contribution in [1.82, 2.24) is 5.32 Å². The van der Waals surface area contributed by atoms with Gasteiger partial charge in [-0.15, -0.1) is 0 Å². The highest BCUT2D eigenvalue weighted by Gasteiger charge is 2.20. The molecule has 2 rings (SSSR count). The number of nitrogens with zero attached hydrogens (tertiary/aromatic N) is 1. The molecule has 1 aliphatic rings. The van der Waals surface area contributed by atoms with E-state index in [4.69, 9.17) is 0 Å². The topological polar surface area (TPSA) is 55.2 Å². The first-order chi connectivity index (χ1) is 9.06. The van der Waals surface area contributed by atoms with Crippen molar-refractivity contribution in [3.63, 3.8) is 0 Å². The molecule has 4 heteroatoms.